The van der Waals surface area contributed by atoms with Crippen LogP contribution in [0.2, 0.25) is 0 Å². The summed E-state index contributed by atoms with van der Waals surface area (Å²) in [4.78, 5) is 4.41. The maximum absolute atomic E-state index is 5.53. The van der Waals surface area contributed by atoms with Crippen LogP contribution < -0.4 is 0 Å². The zero-order valence-electron chi connectivity index (χ0n) is 7.25. The molecule has 1 fully saturated rings. The first-order valence-corrected chi connectivity index (χ1v) is 5.25. The molecule has 66 valence electrons. The van der Waals surface area contributed by atoms with Crippen LogP contribution in [0, 0.1) is 6.92 Å². The maximum Gasteiger partial charge on any atom is 0.0953 e. The van der Waals surface area contributed by atoms with E-state index >= 15 is 0 Å². The molecule has 0 saturated carbocycles. The summed E-state index contributed by atoms with van der Waals surface area (Å²) in [7, 11) is 0. The Balaban J connectivity index is 1.94. The molecule has 0 bridgehead atoms. The van der Waals surface area contributed by atoms with Gasteiger partial charge in [-0.05, 0) is 19.8 Å². The third-order valence-electron chi connectivity index (χ3n) is 2.09. The molecule has 1 aliphatic rings. The van der Waals surface area contributed by atoms with Gasteiger partial charge in [0.15, 0.2) is 0 Å². The van der Waals surface area contributed by atoms with E-state index in [-0.39, 0.29) is 0 Å². The fraction of sp³-hybridized carbons (Fsp3) is 0.667. The van der Waals surface area contributed by atoms with Gasteiger partial charge in [0.25, 0.3) is 0 Å². The van der Waals surface area contributed by atoms with Gasteiger partial charge in [0.1, 0.15) is 0 Å². The Labute approximate surface area is 76.6 Å². The molecule has 0 N–H and O–H groups in total. The lowest BCUT2D eigenvalue weighted by Crippen LogP contribution is -2.08. The van der Waals surface area contributed by atoms with Crippen LogP contribution in [-0.2, 0) is 11.2 Å². The Hall–Kier alpha value is -0.410. The monoisotopic (exact) mass is 183 g/mol. The number of nitrogens with zero attached hydrogens (tertiary/aromatic N) is 1. The van der Waals surface area contributed by atoms with Crippen molar-refractivity contribution in [3.8, 4) is 0 Å². The smallest absolute Gasteiger partial charge is 0.0953 e. The fourth-order valence-corrected chi connectivity index (χ4v) is 2.33. The van der Waals surface area contributed by atoms with Gasteiger partial charge in [-0.1, -0.05) is 0 Å². The van der Waals surface area contributed by atoms with Crippen LogP contribution in [0.4, 0.5) is 0 Å². The van der Waals surface area contributed by atoms with Crippen molar-refractivity contribution in [1.82, 2.24) is 4.98 Å². The molecule has 0 amide bonds. The van der Waals surface area contributed by atoms with Crippen molar-refractivity contribution < 1.29 is 4.74 Å². The molecule has 1 aromatic rings. The van der Waals surface area contributed by atoms with E-state index in [4.69, 9.17) is 4.74 Å². The molecule has 1 aliphatic heterocycles. The molecule has 0 spiro atoms. The highest BCUT2D eigenvalue weighted by Crippen LogP contribution is 2.19. The van der Waals surface area contributed by atoms with Crippen molar-refractivity contribution >= 4 is 11.3 Å². The van der Waals surface area contributed by atoms with Gasteiger partial charge in [-0.2, -0.15) is 0 Å². The van der Waals surface area contributed by atoms with E-state index in [1.54, 1.807) is 11.3 Å². The Morgan fingerprint density at radius 3 is 3.25 bits per heavy atom. The van der Waals surface area contributed by atoms with Crippen LogP contribution in [0.1, 0.15) is 23.5 Å². The van der Waals surface area contributed by atoms with E-state index in [2.05, 4.69) is 10.4 Å². The van der Waals surface area contributed by atoms with Crippen molar-refractivity contribution in [2.24, 2.45) is 0 Å². The zero-order chi connectivity index (χ0) is 8.39. The highest BCUT2D eigenvalue weighted by molar-refractivity contribution is 7.09. The van der Waals surface area contributed by atoms with Gasteiger partial charge in [-0.15, -0.1) is 11.3 Å². The SMILES string of the molecule is Cc1csc(CC2CCCO2)n1. The Morgan fingerprint density at radius 1 is 1.75 bits per heavy atom. The number of hydrogen-bond donors (Lipinski definition) is 0. The molecule has 12 heavy (non-hydrogen) atoms. The van der Waals surface area contributed by atoms with E-state index < -0.39 is 0 Å². The number of rotatable bonds is 2. The average Bonchev–Trinajstić information content (AvgIpc) is 2.63. The molecule has 1 unspecified atom stereocenters. The van der Waals surface area contributed by atoms with Crippen molar-refractivity contribution in [2.75, 3.05) is 6.61 Å². The first-order chi connectivity index (χ1) is 5.84. The summed E-state index contributed by atoms with van der Waals surface area (Å²) in [5, 5.41) is 3.32. The van der Waals surface area contributed by atoms with E-state index in [0.717, 1.165) is 18.7 Å². The highest BCUT2D eigenvalue weighted by atomic mass is 32.1. The Morgan fingerprint density at radius 2 is 2.67 bits per heavy atom. The molecule has 0 aromatic carbocycles. The molecule has 0 radical (unpaired) electrons. The first kappa shape index (κ1) is 8.20. The second kappa shape index (κ2) is 3.54. The summed E-state index contributed by atoms with van der Waals surface area (Å²) in [5.74, 6) is 0. The van der Waals surface area contributed by atoms with Gasteiger partial charge >= 0.3 is 0 Å². The summed E-state index contributed by atoms with van der Waals surface area (Å²) in [6, 6.07) is 0. The summed E-state index contributed by atoms with van der Waals surface area (Å²) >= 11 is 1.75. The van der Waals surface area contributed by atoms with Crippen LogP contribution in [0.25, 0.3) is 0 Å². The number of hydrogen-bond acceptors (Lipinski definition) is 3. The van der Waals surface area contributed by atoms with E-state index in [1.165, 1.54) is 17.8 Å². The van der Waals surface area contributed by atoms with Crippen LogP contribution in [-0.4, -0.2) is 17.7 Å². The van der Waals surface area contributed by atoms with Gasteiger partial charge in [0.05, 0.1) is 11.1 Å². The molecular weight excluding hydrogens is 170 g/mol. The minimum Gasteiger partial charge on any atom is -0.378 e. The minimum atomic E-state index is 0.440. The van der Waals surface area contributed by atoms with Gasteiger partial charge in [0.2, 0.25) is 0 Å². The molecule has 1 saturated heterocycles. The number of aromatic nitrogens is 1. The van der Waals surface area contributed by atoms with E-state index in [0.29, 0.717) is 6.10 Å². The van der Waals surface area contributed by atoms with Crippen molar-refractivity contribution in [1.29, 1.82) is 0 Å². The zero-order valence-corrected chi connectivity index (χ0v) is 8.06. The maximum atomic E-state index is 5.53. The molecule has 2 heterocycles. The normalized spacial score (nSPS) is 23.2. The van der Waals surface area contributed by atoms with Crippen LogP contribution in [0.3, 0.4) is 0 Å². The topological polar surface area (TPSA) is 22.1 Å². The van der Waals surface area contributed by atoms with Crippen molar-refractivity contribution in [2.45, 2.75) is 32.3 Å². The number of ether oxygens (including phenoxy) is 1. The van der Waals surface area contributed by atoms with Crippen molar-refractivity contribution in [3.05, 3.63) is 16.1 Å². The number of aryl methyl sites for hydroxylation is 1. The van der Waals surface area contributed by atoms with Crippen LogP contribution >= 0.6 is 11.3 Å². The number of thiazole rings is 1. The van der Waals surface area contributed by atoms with Crippen LogP contribution in [0.15, 0.2) is 5.38 Å². The lowest BCUT2D eigenvalue weighted by Gasteiger charge is -2.05. The second-order valence-electron chi connectivity index (χ2n) is 3.22. The minimum absolute atomic E-state index is 0.440. The lowest BCUT2D eigenvalue weighted by atomic mass is 10.2. The summed E-state index contributed by atoms with van der Waals surface area (Å²) in [6.45, 7) is 2.98. The third kappa shape index (κ3) is 1.84. The van der Waals surface area contributed by atoms with E-state index in [9.17, 15) is 0 Å². The van der Waals surface area contributed by atoms with Crippen LogP contribution in [0.5, 0.6) is 0 Å². The molecule has 2 nitrogen and oxygen atoms in total. The lowest BCUT2D eigenvalue weighted by molar-refractivity contribution is 0.111. The standard InChI is InChI=1S/C9H13NOS/c1-7-6-12-9(10-7)5-8-3-2-4-11-8/h6,8H,2-5H2,1H3. The Kier molecular flexibility index (Phi) is 2.42. The van der Waals surface area contributed by atoms with Gasteiger partial charge in [-0.3, -0.25) is 0 Å². The highest BCUT2D eigenvalue weighted by Gasteiger charge is 2.16. The Bertz CT molecular complexity index is 253. The largest absolute Gasteiger partial charge is 0.378 e. The summed E-state index contributed by atoms with van der Waals surface area (Å²) in [5.41, 5.74) is 1.13. The molecule has 1 aromatic heterocycles. The quantitative estimate of drug-likeness (QED) is 0.701. The van der Waals surface area contributed by atoms with Gasteiger partial charge < -0.3 is 4.74 Å². The second-order valence-corrected chi connectivity index (χ2v) is 4.16. The molecular formula is C9H13NOS. The first-order valence-electron chi connectivity index (χ1n) is 4.37. The molecule has 0 aliphatic carbocycles. The fourth-order valence-electron chi connectivity index (χ4n) is 1.50. The van der Waals surface area contributed by atoms with Gasteiger partial charge in [0, 0.05) is 24.1 Å². The predicted molar refractivity (Wildman–Crippen MR) is 49.5 cm³/mol. The van der Waals surface area contributed by atoms with E-state index in [1.807, 2.05) is 6.92 Å². The van der Waals surface area contributed by atoms with Gasteiger partial charge in [-0.25, -0.2) is 4.98 Å². The molecule has 1 atom stereocenters. The van der Waals surface area contributed by atoms with Crippen molar-refractivity contribution in [3.63, 3.8) is 0 Å². The molecule has 2 rings (SSSR count). The average molecular weight is 183 g/mol. The third-order valence-corrected chi connectivity index (χ3v) is 3.08. The molecule has 3 heteroatoms. The predicted octanol–water partition coefficient (Wildman–Crippen LogP) is 2.17. The summed E-state index contributed by atoms with van der Waals surface area (Å²) in [6.07, 6.45) is 3.88. The summed E-state index contributed by atoms with van der Waals surface area (Å²) < 4.78 is 5.53.